The Morgan fingerprint density at radius 1 is 1.43 bits per heavy atom. The summed E-state index contributed by atoms with van der Waals surface area (Å²) in [6.45, 7) is 3.05. The molecule has 0 aromatic heterocycles. The van der Waals surface area contributed by atoms with Crippen molar-refractivity contribution in [3.05, 3.63) is 35.4 Å². The van der Waals surface area contributed by atoms with Gasteiger partial charge in [-0.2, -0.15) is 0 Å². The van der Waals surface area contributed by atoms with Gasteiger partial charge in [-0.3, -0.25) is 0 Å². The Bertz CT molecular complexity index is 335. The molecule has 74 valence electrons. The van der Waals surface area contributed by atoms with E-state index >= 15 is 0 Å². The van der Waals surface area contributed by atoms with E-state index in [1.54, 1.807) is 0 Å². The summed E-state index contributed by atoms with van der Waals surface area (Å²) in [5.74, 6) is 0.506. The van der Waals surface area contributed by atoms with Gasteiger partial charge in [0.05, 0.1) is 6.04 Å². The van der Waals surface area contributed by atoms with Gasteiger partial charge >= 0.3 is 0 Å². The van der Waals surface area contributed by atoms with Gasteiger partial charge in [-0.1, -0.05) is 24.3 Å². The molecule has 0 aliphatic carbocycles. The van der Waals surface area contributed by atoms with E-state index in [9.17, 15) is 4.79 Å². The predicted molar refractivity (Wildman–Crippen MR) is 56.4 cm³/mol. The summed E-state index contributed by atoms with van der Waals surface area (Å²) in [5, 5.41) is 3.21. The fourth-order valence-electron chi connectivity index (χ4n) is 2.15. The lowest BCUT2D eigenvalue weighted by Crippen LogP contribution is -2.22. The molecule has 1 aliphatic heterocycles. The molecule has 2 nitrogen and oxygen atoms in total. The number of hydrogen-bond acceptors (Lipinski definition) is 2. The Kier molecular flexibility index (Phi) is 2.64. The second-order valence-electron chi connectivity index (χ2n) is 3.94. The molecule has 1 aliphatic rings. The molecule has 0 amide bonds. The van der Waals surface area contributed by atoms with Gasteiger partial charge < -0.3 is 10.1 Å². The second-order valence-corrected chi connectivity index (χ2v) is 3.94. The van der Waals surface area contributed by atoms with E-state index < -0.39 is 0 Å². The van der Waals surface area contributed by atoms with Crippen molar-refractivity contribution in [2.45, 2.75) is 25.3 Å². The Hall–Kier alpha value is -1.15. The number of aryl methyl sites for hydroxylation is 1. The highest BCUT2D eigenvalue weighted by molar-refractivity contribution is 5.58. The van der Waals surface area contributed by atoms with Gasteiger partial charge in [-0.25, -0.2) is 0 Å². The van der Waals surface area contributed by atoms with Gasteiger partial charge in [0, 0.05) is 6.54 Å². The van der Waals surface area contributed by atoms with E-state index in [2.05, 4.69) is 36.5 Å². The van der Waals surface area contributed by atoms with E-state index in [0.29, 0.717) is 5.92 Å². The van der Waals surface area contributed by atoms with Crippen LogP contribution in [0, 0.1) is 6.92 Å². The quantitative estimate of drug-likeness (QED) is 0.716. The van der Waals surface area contributed by atoms with Crippen molar-refractivity contribution >= 4 is 6.29 Å². The van der Waals surface area contributed by atoms with Crippen LogP contribution in [0.5, 0.6) is 0 Å². The van der Waals surface area contributed by atoms with Crippen LogP contribution in [-0.4, -0.2) is 18.9 Å². The second kappa shape index (κ2) is 3.93. The number of aldehydes is 1. The van der Waals surface area contributed by atoms with E-state index in [-0.39, 0.29) is 6.04 Å². The Morgan fingerprint density at radius 2 is 2.21 bits per heavy atom. The van der Waals surface area contributed by atoms with Crippen LogP contribution < -0.4 is 5.32 Å². The molecule has 2 heteroatoms. The molecule has 1 saturated heterocycles. The monoisotopic (exact) mass is 189 g/mol. The van der Waals surface area contributed by atoms with Crippen LogP contribution >= 0.6 is 0 Å². The highest BCUT2D eigenvalue weighted by Crippen LogP contribution is 2.27. The summed E-state index contributed by atoms with van der Waals surface area (Å²) < 4.78 is 0. The molecule has 1 aromatic carbocycles. The van der Waals surface area contributed by atoms with Crippen LogP contribution in [-0.2, 0) is 4.79 Å². The summed E-state index contributed by atoms with van der Waals surface area (Å²) in [5.41, 5.74) is 2.70. The average molecular weight is 189 g/mol. The number of carbonyl (C=O) groups excluding carboxylic acids is 1. The van der Waals surface area contributed by atoms with Crippen LogP contribution in [0.4, 0.5) is 0 Å². The maximum Gasteiger partial charge on any atom is 0.136 e. The van der Waals surface area contributed by atoms with Crippen LogP contribution in [0.2, 0.25) is 0 Å². The molecule has 0 unspecified atom stereocenters. The van der Waals surface area contributed by atoms with Gasteiger partial charge in [-0.15, -0.1) is 0 Å². The standard InChI is InChI=1S/C12H15NO/c1-9-4-2-3-5-12(9)10-6-11(8-14)13-7-10/h2-5,8,10-11,13H,6-7H2,1H3/t10-,11-/m0/s1. The Morgan fingerprint density at radius 3 is 2.86 bits per heavy atom. The molecule has 1 aromatic rings. The summed E-state index contributed by atoms with van der Waals surface area (Å²) >= 11 is 0. The normalized spacial score (nSPS) is 26.4. The van der Waals surface area contributed by atoms with Crippen molar-refractivity contribution in [3.8, 4) is 0 Å². The smallest absolute Gasteiger partial charge is 0.136 e. The molecule has 1 fully saturated rings. The van der Waals surface area contributed by atoms with E-state index in [1.165, 1.54) is 11.1 Å². The topological polar surface area (TPSA) is 29.1 Å². The average Bonchev–Trinajstić information content (AvgIpc) is 2.67. The van der Waals surface area contributed by atoms with Gasteiger partial charge in [0.25, 0.3) is 0 Å². The fraction of sp³-hybridized carbons (Fsp3) is 0.417. The predicted octanol–water partition coefficient (Wildman–Crippen LogP) is 1.64. The molecule has 14 heavy (non-hydrogen) atoms. The van der Waals surface area contributed by atoms with Gasteiger partial charge in [-0.05, 0) is 30.4 Å². The summed E-state index contributed by atoms with van der Waals surface area (Å²) in [6, 6.07) is 8.47. The first-order valence-corrected chi connectivity index (χ1v) is 5.05. The van der Waals surface area contributed by atoms with Crippen molar-refractivity contribution in [1.29, 1.82) is 0 Å². The fourth-order valence-corrected chi connectivity index (χ4v) is 2.15. The number of nitrogens with one attached hydrogen (secondary N) is 1. The number of benzene rings is 1. The molecule has 2 rings (SSSR count). The van der Waals surface area contributed by atoms with Crippen molar-refractivity contribution in [2.75, 3.05) is 6.54 Å². The Labute approximate surface area is 84.3 Å². The highest BCUT2D eigenvalue weighted by Gasteiger charge is 2.25. The first-order chi connectivity index (χ1) is 6.81. The number of carbonyl (C=O) groups is 1. The van der Waals surface area contributed by atoms with Crippen LogP contribution in [0.3, 0.4) is 0 Å². The maximum absolute atomic E-state index is 10.6. The van der Waals surface area contributed by atoms with Crippen molar-refractivity contribution in [1.82, 2.24) is 5.32 Å². The molecule has 2 atom stereocenters. The maximum atomic E-state index is 10.6. The molecule has 1 heterocycles. The number of rotatable bonds is 2. The van der Waals surface area contributed by atoms with Gasteiger partial charge in [0.15, 0.2) is 0 Å². The van der Waals surface area contributed by atoms with Crippen molar-refractivity contribution in [2.24, 2.45) is 0 Å². The SMILES string of the molecule is Cc1ccccc1[C@@H]1CN[C@H](C=O)C1. The molecule has 0 spiro atoms. The first kappa shape index (κ1) is 9.41. The van der Waals surface area contributed by atoms with Crippen LogP contribution in [0.15, 0.2) is 24.3 Å². The summed E-state index contributed by atoms with van der Waals surface area (Å²) in [7, 11) is 0. The third-order valence-electron chi connectivity index (χ3n) is 2.96. The zero-order chi connectivity index (χ0) is 9.97. The molecular weight excluding hydrogens is 174 g/mol. The molecule has 0 saturated carbocycles. The minimum Gasteiger partial charge on any atom is -0.307 e. The van der Waals surface area contributed by atoms with Gasteiger partial charge in [0.2, 0.25) is 0 Å². The zero-order valence-electron chi connectivity index (χ0n) is 8.36. The third kappa shape index (κ3) is 1.70. The lowest BCUT2D eigenvalue weighted by Gasteiger charge is -2.11. The third-order valence-corrected chi connectivity index (χ3v) is 2.96. The minimum absolute atomic E-state index is 0.0552. The Balaban J connectivity index is 2.17. The molecule has 0 bridgehead atoms. The largest absolute Gasteiger partial charge is 0.307 e. The molecular formula is C12H15NO. The summed E-state index contributed by atoms with van der Waals surface area (Å²) in [4.78, 5) is 10.6. The molecule has 0 radical (unpaired) electrons. The van der Waals surface area contributed by atoms with E-state index in [0.717, 1.165) is 19.3 Å². The molecule has 1 N–H and O–H groups in total. The van der Waals surface area contributed by atoms with Crippen molar-refractivity contribution in [3.63, 3.8) is 0 Å². The van der Waals surface area contributed by atoms with Crippen molar-refractivity contribution < 1.29 is 4.79 Å². The minimum atomic E-state index is 0.0552. The number of hydrogen-bond donors (Lipinski definition) is 1. The first-order valence-electron chi connectivity index (χ1n) is 5.05. The zero-order valence-corrected chi connectivity index (χ0v) is 8.36. The van der Waals surface area contributed by atoms with E-state index in [4.69, 9.17) is 0 Å². The van der Waals surface area contributed by atoms with Crippen LogP contribution in [0.1, 0.15) is 23.5 Å². The lowest BCUT2D eigenvalue weighted by atomic mass is 9.93. The lowest BCUT2D eigenvalue weighted by molar-refractivity contribution is -0.109. The van der Waals surface area contributed by atoms with Crippen LogP contribution in [0.25, 0.3) is 0 Å². The highest BCUT2D eigenvalue weighted by atomic mass is 16.1. The van der Waals surface area contributed by atoms with Gasteiger partial charge in [0.1, 0.15) is 6.29 Å². The summed E-state index contributed by atoms with van der Waals surface area (Å²) in [6.07, 6.45) is 1.95. The van der Waals surface area contributed by atoms with E-state index in [1.807, 2.05) is 0 Å².